The van der Waals surface area contributed by atoms with Crippen LogP contribution in [0.25, 0.3) is 11.1 Å². The van der Waals surface area contributed by atoms with Gasteiger partial charge in [-0.25, -0.2) is 0 Å². The lowest BCUT2D eigenvalue weighted by molar-refractivity contribution is 0.468. The summed E-state index contributed by atoms with van der Waals surface area (Å²) in [6, 6.07) is 13.2. The SMILES string of the molecule is NCCc1cc(Cl)c(-c2ccccc2)cc1O. The van der Waals surface area contributed by atoms with E-state index in [9.17, 15) is 5.11 Å². The van der Waals surface area contributed by atoms with Gasteiger partial charge in [-0.1, -0.05) is 41.9 Å². The van der Waals surface area contributed by atoms with Crippen molar-refractivity contribution < 1.29 is 5.11 Å². The minimum atomic E-state index is 0.249. The maximum Gasteiger partial charge on any atom is 0.119 e. The molecule has 0 aliphatic heterocycles. The molecule has 0 atom stereocenters. The van der Waals surface area contributed by atoms with Gasteiger partial charge in [0.15, 0.2) is 0 Å². The summed E-state index contributed by atoms with van der Waals surface area (Å²) in [7, 11) is 0. The molecule has 0 saturated carbocycles. The van der Waals surface area contributed by atoms with Crippen molar-refractivity contribution in [3.8, 4) is 16.9 Å². The van der Waals surface area contributed by atoms with Crippen LogP contribution in [0.4, 0.5) is 0 Å². The first-order valence-corrected chi connectivity index (χ1v) is 5.87. The Morgan fingerprint density at radius 1 is 1.12 bits per heavy atom. The molecule has 88 valence electrons. The van der Waals surface area contributed by atoms with Crippen molar-refractivity contribution in [1.82, 2.24) is 0 Å². The molecular formula is C14H14ClNO. The molecule has 2 aromatic carbocycles. The molecule has 3 heteroatoms. The second-order valence-electron chi connectivity index (χ2n) is 3.87. The Kier molecular flexibility index (Phi) is 3.67. The summed E-state index contributed by atoms with van der Waals surface area (Å²) in [5.74, 6) is 0.249. The van der Waals surface area contributed by atoms with E-state index in [0.29, 0.717) is 18.0 Å². The normalized spacial score (nSPS) is 10.5. The van der Waals surface area contributed by atoms with Gasteiger partial charge in [-0.15, -0.1) is 0 Å². The molecule has 0 radical (unpaired) electrons. The maximum atomic E-state index is 9.89. The fourth-order valence-corrected chi connectivity index (χ4v) is 2.09. The molecule has 0 aliphatic carbocycles. The zero-order valence-corrected chi connectivity index (χ0v) is 10.1. The second kappa shape index (κ2) is 5.21. The van der Waals surface area contributed by atoms with E-state index in [1.807, 2.05) is 30.3 Å². The molecule has 0 fully saturated rings. The van der Waals surface area contributed by atoms with Crippen molar-refractivity contribution in [3.05, 3.63) is 53.1 Å². The molecule has 0 spiro atoms. The quantitative estimate of drug-likeness (QED) is 0.875. The van der Waals surface area contributed by atoms with Crippen LogP contribution in [0.3, 0.4) is 0 Å². The number of phenols is 1. The van der Waals surface area contributed by atoms with Crippen LogP contribution in [-0.2, 0) is 6.42 Å². The Morgan fingerprint density at radius 2 is 1.82 bits per heavy atom. The van der Waals surface area contributed by atoms with Crippen LogP contribution in [0.15, 0.2) is 42.5 Å². The van der Waals surface area contributed by atoms with Crippen molar-refractivity contribution >= 4 is 11.6 Å². The summed E-state index contributed by atoms with van der Waals surface area (Å²) in [4.78, 5) is 0. The van der Waals surface area contributed by atoms with Crippen LogP contribution in [-0.4, -0.2) is 11.7 Å². The lowest BCUT2D eigenvalue weighted by atomic mass is 10.0. The van der Waals surface area contributed by atoms with Crippen LogP contribution in [0.2, 0.25) is 5.02 Å². The summed E-state index contributed by atoms with van der Waals surface area (Å²) in [5, 5.41) is 10.5. The third-order valence-corrected chi connectivity index (χ3v) is 2.98. The molecule has 0 aliphatic rings. The van der Waals surface area contributed by atoms with E-state index in [1.165, 1.54) is 0 Å². The monoisotopic (exact) mass is 247 g/mol. The van der Waals surface area contributed by atoms with E-state index in [2.05, 4.69) is 0 Å². The number of aromatic hydroxyl groups is 1. The second-order valence-corrected chi connectivity index (χ2v) is 4.27. The topological polar surface area (TPSA) is 46.2 Å². The van der Waals surface area contributed by atoms with Gasteiger partial charge in [-0.2, -0.15) is 0 Å². The first kappa shape index (κ1) is 12.0. The van der Waals surface area contributed by atoms with Crippen LogP contribution in [0.1, 0.15) is 5.56 Å². The molecule has 0 aromatic heterocycles. The van der Waals surface area contributed by atoms with Gasteiger partial charge in [0.2, 0.25) is 0 Å². The molecule has 0 unspecified atom stereocenters. The number of benzene rings is 2. The van der Waals surface area contributed by atoms with Gasteiger partial charge in [0.1, 0.15) is 5.75 Å². The highest BCUT2D eigenvalue weighted by Gasteiger charge is 2.08. The lowest BCUT2D eigenvalue weighted by Gasteiger charge is -2.09. The van der Waals surface area contributed by atoms with Crippen molar-refractivity contribution in [2.45, 2.75) is 6.42 Å². The average molecular weight is 248 g/mol. The van der Waals surface area contributed by atoms with Gasteiger partial charge in [-0.3, -0.25) is 0 Å². The molecule has 0 saturated heterocycles. The van der Waals surface area contributed by atoms with E-state index < -0.39 is 0 Å². The molecule has 0 amide bonds. The number of rotatable bonds is 3. The van der Waals surface area contributed by atoms with Crippen molar-refractivity contribution in [1.29, 1.82) is 0 Å². The zero-order chi connectivity index (χ0) is 12.3. The highest BCUT2D eigenvalue weighted by molar-refractivity contribution is 6.33. The number of hydrogen-bond acceptors (Lipinski definition) is 2. The van der Waals surface area contributed by atoms with Crippen LogP contribution in [0.5, 0.6) is 5.75 Å². The van der Waals surface area contributed by atoms with Gasteiger partial charge in [0.05, 0.1) is 0 Å². The lowest BCUT2D eigenvalue weighted by Crippen LogP contribution is -2.03. The molecule has 3 N–H and O–H groups in total. The highest BCUT2D eigenvalue weighted by Crippen LogP contribution is 2.33. The van der Waals surface area contributed by atoms with Gasteiger partial charge in [0, 0.05) is 10.6 Å². The van der Waals surface area contributed by atoms with Gasteiger partial charge >= 0.3 is 0 Å². The number of nitrogens with two attached hydrogens (primary N) is 1. The molecule has 2 nitrogen and oxygen atoms in total. The van der Waals surface area contributed by atoms with E-state index in [1.54, 1.807) is 12.1 Å². The third-order valence-electron chi connectivity index (χ3n) is 2.67. The van der Waals surface area contributed by atoms with Crippen molar-refractivity contribution in [2.24, 2.45) is 5.73 Å². The van der Waals surface area contributed by atoms with E-state index >= 15 is 0 Å². The molecule has 2 aromatic rings. The van der Waals surface area contributed by atoms with Gasteiger partial charge in [0.25, 0.3) is 0 Å². The van der Waals surface area contributed by atoms with Crippen LogP contribution < -0.4 is 5.73 Å². The van der Waals surface area contributed by atoms with Gasteiger partial charge < -0.3 is 10.8 Å². The number of phenolic OH excluding ortho intramolecular Hbond substituents is 1. The Hall–Kier alpha value is -1.51. The molecule has 0 bridgehead atoms. The Labute approximate surface area is 106 Å². The van der Waals surface area contributed by atoms with E-state index in [0.717, 1.165) is 16.7 Å². The maximum absolute atomic E-state index is 9.89. The standard InChI is InChI=1S/C14H14ClNO/c15-13-8-11(6-7-16)14(17)9-12(13)10-4-2-1-3-5-10/h1-5,8-9,17H,6-7,16H2. The van der Waals surface area contributed by atoms with Gasteiger partial charge in [-0.05, 0) is 36.2 Å². The van der Waals surface area contributed by atoms with Crippen molar-refractivity contribution in [2.75, 3.05) is 6.54 Å². The summed E-state index contributed by atoms with van der Waals surface area (Å²) >= 11 is 6.22. The predicted molar refractivity (Wildman–Crippen MR) is 71.3 cm³/mol. The van der Waals surface area contributed by atoms with Crippen molar-refractivity contribution in [3.63, 3.8) is 0 Å². The predicted octanol–water partition coefficient (Wildman–Crippen LogP) is 3.21. The number of hydrogen-bond donors (Lipinski definition) is 2. The fraction of sp³-hybridized carbons (Fsp3) is 0.143. The van der Waals surface area contributed by atoms with E-state index in [4.69, 9.17) is 17.3 Å². The minimum Gasteiger partial charge on any atom is -0.508 e. The number of halogens is 1. The summed E-state index contributed by atoms with van der Waals surface area (Å²) in [5.41, 5.74) is 8.09. The fourth-order valence-electron chi connectivity index (χ4n) is 1.80. The van der Waals surface area contributed by atoms with Crippen LogP contribution in [0, 0.1) is 0 Å². The Balaban J connectivity index is 2.47. The minimum absolute atomic E-state index is 0.249. The molecule has 0 heterocycles. The van der Waals surface area contributed by atoms with Crippen LogP contribution >= 0.6 is 11.6 Å². The highest BCUT2D eigenvalue weighted by atomic mass is 35.5. The molecular weight excluding hydrogens is 234 g/mol. The average Bonchev–Trinajstić information content (AvgIpc) is 2.35. The Bertz CT molecular complexity index is 511. The summed E-state index contributed by atoms with van der Waals surface area (Å²) in [6.45, 7) is 0.495. The molecule has 17 heavy (non-hydrogen) atoms. The van der Waals surface area contributed by atoms with E-state index in [-0.39, 0.29) is 5.75 Å². The smallest absolute Gasteiger partial charge is 0.119 e. The molecule has 2 rings (SSSR count). The first-order chi connectivity index (χ1) is 8.22. The largest absolute Gasteiger partial charge is 0.508 e. The zero-order valence-electron chi connectivity index (χ0n) is 9.36. The third kappa shape index (κ3) is 2.60. The summed E-state index contributed by atoms with van der Waals surface area (Å²) < 4.78 is 0. The Morgan fingerprint density at radius 3 is 2.47 bits per heavy atom. The first-order valence-electron chi connectivity index (χ1n) is 5.49. The summed E-state index contributed by atoms with van der Waals surface area (Å²) in [6.07, 6.45) is 0.626.